The lowest BCUT2D eigenvalue weighted by atomic mass is 10.2. The predicted molar refractivity (Wildman–Crippen MR) is 74.7 cm³/mol. The van der Waals surface area contributed by atoms with Crippen molar-refractivity contribution in [2.75, 3.05) is 18.2 Å². The van der Waals surface area contributed by atoms with E-state index in [-0.39, 0.29) is 0 Å². The number of benzene rings is 1. The zero-order chi connectivity index (χ0) is 13.8. The maximum absolute atomic E-state index is 9.03. The highest BCUT2D eigenvalue weighted by Gasteiger charge is 2.07. The van der Waals surface area contributed by atoms with Gasteiger partial charge in [-0.15, -0.1) is 0 Å². The van der Waals surface area contributed by atoms with Gasteiger partial charge in [-0.1, -0.05) is 11.6 Å². The smallest absolute Gasteiger partial charge is 0.148 e. The van der Waals surface area contributed by atoms with Gasteiger partial charge in [0.1, 0.15) is 17.6 Å². The highest BCUT2D eigenvalue weighted by Crippen LogP contribution is 2.29. The third kappa shape index (κ3) is 2.87. The van der Waals surface area contributed by atoms with Crippen LogP contribution in [0, 0.1) is 11.3 Å². The molecule has 0 radical (unpaired) electrons. The fourth-order valence-electron chi connectivity index (χ4n) is 1.55. The first-order valence-corrected chi connectivity index (χ1v) is 5.78. The summed E-state index contributed by atoms with van der Waals surface area (Å²) >= 11 is 6.02. The first-order chi connectivity index (χ1) is 9.13. The Morgan fingerprint density at radius 1 is 1.42 bits per heavy atom. The van der Waals surface area contributed by atoms with Crippen LogP contribution in [0.25, 0.3) is 0 Å². The Bertz CT molecular complexity index is 652. The van der Waals surface area contributed by atoms with Crippen molar-refractivity contribution in [3.8, 4) is 11.8 Å². The van der Waals surface area contributed by atoms with Crippen molar-refractivity contribution in [3.05, 3.63) is 41.0 Å². The van der Waals surface area contributed by atoms with E-state index in [4.69, 9.17) is 27.3 Å². The van der Waals surface area contributed by atoms with Crippen LogP contribution in [-0.2, 0) is 0 Å². The summed E-state index contributed by atoms with van der Waals surface area (Å²) in [6, 6.07) is 8.79. The molecule has 0 fully saturated rings. The van der Waals surface area contributed by atoms with E-state index in [1.165, 1.54) is 6.20 Å². The van der Waals surface area contributed by atoms with Crippen LogP contribution in [0.15, 0.2) is 30.5 Å². The Morgan fingerprint density at radius 2 is 2.21 bits per heavy atom. The number of nitrogen functional groups attached to an aromatic ring is 1. The van der Waals surface area contributed by atoms with Crippen LogP contribution in [-0.4, -0.2) is 12.1 Å². The predicted octanol–water partition coefficient (Wildman–Crippen LogP) is 2.94. The molecule has 2 rings (SSSR count). The van der Waals surface area contributed by atoms with E-state index in [9.17, 15) is 0 Å². The maximum atomic E-state index is 9.03. The van der Waals surface area contributed by atoms with Gasteiger partial charge in [-0.05, 0) is 24.3 Å². The second-order valence-corrected chi connectivity index (χ2v) is 4.16. The first-order valence-electron chi connectivity index (χ1n) is 5.40. The minimum absolute atomic E-state index is 0.368. The number of nitrogens with two attached hydrogens (primary N) is 1. The molecule has 1 aromatic carbocycles. The van der Waals surface area contributed by atoms with Gasteiger partial charge in [0.2, 0.25) is 0 Å². The lowest BCUT2D eigenvalue weighted by molar-refractivity contribution is 0.415. The van der Waals surface area contributed by atoms with Crippen molar-refractivity contribution in [1.82, 2.24) is 4.98 Å². The molecule has 0 bridgehead atoms. The number of methoxy groups -OCH3 is 1. The Labute approximate surface area is 115 Å². The molecule has 2 aromatic rings. The number of rotatable bonds is 3. The van der Waals surface area contributed by atoms with E-state index in [2.05, 4.69) is 10.3 Å². The molecule has 0 unspecified atom stereocenters. The molecule has 5 nitrogen and oxygen atoms in total. The highest BCUT2D eigenvalue weighted by molar-refractivity contribution is 6.32. The van der Waals surface area contributed by atoms with Crippen LogP contribution in [0.5, 0.6) is 5.75 Å². The van der Waals surface area contributed by atoms with E-state index in [0.29, 0.717) is 33.5 Å². The largest absolute Gasteiger partial charge is 0.495 e. The van der Waals surface area contributed by atoms with Gasteiger partial charge < -0.3 is 15.8 Å². The summed E-state index contributed by atoms with van der Waals surface area (Å²) in [6.07, 6.45) is 1.48. The summed E-state index contributed by atoms with van der Waals surface area (Å²) in [5.74, 6) is 1.01. The summed E-state index contributed by atoms with van der Waals surface area (Å²) in [5, 5.41) is 12.5. The van der Waals surface area contributed by atoms with Crippen molar-refractivity contribution < 1.29 is 4.74 Å². The van der Waals surface area contributed by atoms with Crippen LogP contribution < -0.4 is 15.8 Å². The van der Waals surface area contributed by atoms with Crippen LogP contribution in [0.2, 0.25) is 5.02 Å². The molecule has 0 amide bonds. The monoisotopic (exact) mass is 274 g/mol. The van der Waals surface area contributed by atoms with E-state index < -0.39 is 0 Å². The summed E-state index contributed by atoms with van der Waals surface area (Å²) < 4.78 is 5.07. The fourth-order valence-corrected chi connectivity index (χ4v) is 1.80. The third-order valence-electron chi connectivity index (χ3n) is 2.44. The molecule has 0 aliphatic rings. The van der Waals surface area contributed by atoms with Gasteiger partial charge in [0, 0.05) is 5.69 Å². The Morgan fingerprint density at radius 3 is 2.84 bits per heavy atom. The number of nitrogens with zero attached hydrogens (tertiary/aromatic N) is 2. The van der Waals surface area contributed by atoms with E-state index in [0.717, 1.165) is 0 Å². The third-order valence-corrected chi connectivity index (χ3v) is 2.74. The number of aromatic nitrogens is 1. The number of hydrogen-bond donors (Lipinski definition) is 2. The number of nitriles is 1. The summed E-state index contributed by atoms with van der Waals surface area (Å²) in [6.45, 7) is 0. The quantitative estimate of drug-likeness (QED) is 0.899. The lowest BCUT2D eigenvalue weighted by Crippen LogP contribution is -1.99. The molecule has 0 aliphatic heterocycles. The standard InChI is InChI=1S/C13H11ClN4O/c1-19-12-3-2-10(5-11(12)14)18-13-8(6-15)4-9(16)7-17-13/h2-5,7H,16H2,1H3,(H,17,18). The van der Waals surface area contributed by atoms with Gasteiger partial charge in [-0.3, -0.25) is 0 Å². The molecule has 1 aromatic heterocycles. The number of nitrogens with one attached hydrogen (secondary N) is 1. The second-order valence-electron chi connectivity index (χ2n) is 3.75. The second kappa shape index (κ2) is 5.46. The molecule has 0 saturated carbocycles. The van der Waals surface area contributed by atoms with Gasteiger partial charge >= 0.3 is 0 Å². The van der Waals surface area contributed by atoms with Crippen LogP contribution in [0.4, 0.5) is 17.2 Å². The van der Waals surface area contributed by atoms with Crippen LogP contribution in [0.3, 0.4) is 0 Å². The molecule has 0 saturated heterocycles. The number of pyridine rings is 1. The number of anilines is 3. The zero-order valence-corrected chi connectivity index (χ0v) is 10.9. The van der Waals surface area contributed by atoms with Crippen LogP contribution >= 0.6 is 11.6 Å². The van der Waals surface area contributed by atoms with Crippen LogP contribution in [0.1, 0.15) is 5.56 Å². The molecule has 0 spiro atoms. The Hall–Kier alpha value is -2.45. The summed E-state index contributed by atoms with van der Waals surface area (Å²) in [5.41, 5.74) is 7.09. The molecule has 96 valence electrons. The minimum atomic E-state index is 0.368. The van der Waals surface area contributed by atoms with Gasteiger partial charge in [0.25, 0.3) is 0 Å². The first kappa shape index (κ1) is 13.0. The van der Waals surface area contributed by atoms with Crippen molar-refractivity contribution in [1.29, 1.82) is 5.26 Å². The number of hydrogen-bond acceptors (Lipinski definition) is 5. The fraction of sp³-hybridized carbons (Fsp3) is 0.0769. The van der Waals surface area contributed by atoms with Crippen molar-refractivity contribution >= 4 is 28.8 Å². The van der Waals surface area contributed by atoms with Gasteiger partial charge in [-0.2, -0.15) is 5.26 Å². The van der Waals surface area contributed by atoms with E-state index in [1.807, 2.05) is 6.07 Å². The Balaban J connectivity index is 2.31. The summed E-state index contributed by atoms with van der Waals surface area (Å²) in [4.78, 5) is 4.08. The van der Waals surface area contributed by atoms with Crippen molar-refractivity contribution in [2.24, 2.45) is 0 Å². The average molecular weight is 275 g/mol. The van der Waals surface area contributed by atoms with E-state index >= 15 is 0 Å². The van der Waals surface area contributed by atoms with Gasteiger partial charge in [0.05, 0.1) is 29.6 Å². The van der Waals surface area contributed by atoms with Crippen molar-refractivity contribution in [2.45, 2.75) is 0 Å². The molecule has 0 aliphatic carbocycles. The average Bonchev–Trinajstić information content (AvgIpc) is 2.41. The molecule has 1 heterocycles. The highest BCUT2D eigenvalue weighted by atomic mass is 35.5. The van der Waals surface area contributed by atoms with Gasteiger partial charge in [-0.25, -0.2) is 4.98 Å². The lowest BCUT2D eigenvalue weighted by Gasteiger charge is -2.09. The summed E-state index contributed by atoms with van der Waals surface area (Å²) in [7, 11) is 1.55. The Kier molecular flexibility index (Phi) is 3.74. The number of halogens is 1. The molecule has 6 heteroatoms. The molecule has 19 heavy (non-hydrogen) atoms. The van der Waals surface area contributed by atoms with Crippen molar-refractivity contribution in [3.63, 3.8) is 0 Å². The topological polar surface area (TPSA) is 84.0 Å². The zero-order valence-electron chi connectivity index (χ0n) is 10.1. The molecule has 0 atom stereocenters. The van der Waals surface area contributed by atoms with E-state index in [1.54, 1.807) is 31.4 Å². The minimum Gasteiger partial charge on any atom is -0.495 e. The van der Waals surface area contributed by atoms with Gasteiger partial charge in [0.15, 0.2) is 0 Å². The normalized spacial score (nSPS) is 9.74. The maximum Gasteiger partial charge on any atom is 0.148 e. The molecular weight excluding hydrogens is 264 g/mol. The number of ether oxygens (including phenoxy) is 1. The molecule has 3 N–H and O–H groups in total. The SMILES string of the molecule is COc1ccc(Nc2ncc(N)cc2C#N)cc1Cl. The molecular formula is C13H11ClN4O.